The van der Waals surface area contributed by atoms with Crippen LogP contribution in [0.25, 0.3) is 0 Å². The van der Waals surface area contributed by atoms with Gasteiger partial charge >= 0.3 is 0 Å². The lowest BCUT2D eigenvalue weighted by Crippen LogP contribution is -2.06. The molecular weight excluding hydrogens is 372 g/mol. The largest absolute Gasteiger partial charge is 0.506 e. The highest BCUT2D eigenvalue weighted by atomic mass is 16.3. The van der Waals surface area contributed by atoms with E-state index in [0.29, 0.717) is 16.9 Å². The Bertz CT molecular complexity index is 875. The molecule has 0 radical (unpaired) electrons. The lowest BCUT2D eigenvalue weighted by atomic mass is 9.89. The van der Waals surface area contributed by atoms with E-state index in [9.17, 15) is 9.90 Å². The van der Waals surface area contributed by atoms with Gasteiger partial charge in [-0.3, -0.25) is 4.79 Å². The molecule has 4 heteroatoms. The quantitative estimate of drug-likeness (QED) is 0.413. The summed E-state index contributed by atoms with van der Waals surface area (Å²) >= 11 is 0. The number of hydrogen-bond donors (Lipinski definition) is 1. The Labute approximate surface area is 179 Å². The normalized spacial score (nSPS) is 24.7. The van der Waals surface area contributed by atoms with Crippen LogP contribution in [0.3, 0.4) is 0 Å². The third-order valence-corrected chi connectivity index (χ3v) is 6.82. The fraction of sp³-hybridized carbons (Fsp3) is 0.500. The Hall–Kier alpha value is -2.49. The first-order valence-electron chi connectivity index (χ1n) is 11.5. The summed E-state index contributed by atoms with van der Waals surface area (Å²) in [6, 6.07) is 12.7. The Kier molecular flexibility index (Phi) is 6.93. The molecule has 0 bridgehead atoms. The molecule has 2 aliphatic rings. The molecule has 4 rings (SSSR count). The predicted molar refractivity (Wildman–Crippen MR) is 120 cm³/mol. The predicted octanol–water partition coefficient (Wildman–Crippen LogP) is 7.55. The summed E-state index contributed by atoms with van der Waals surface area (Å²) in [7, 11) is 0. The number of aromatic hydroxyl groups is 1. The summed E-state index contributed by atoms with van der Waals surface area (Å²) in [4.78, 5) is 10.8. The topological polar surface area (TPSA) is 62.0 Å². The van der Waals surface area contributed by atoms with Crippen LogP contribution in [0.5, 0.6) is 5.75 Å². The second-order valence-electron chi connectivity index (χ2n) is 9.13. The molecule has 4 nitrogen and oxygen atoms in total. The lowest BCUT2D eigenvalue weighted by molar-refractivity contribution is 0.112. The number of phenolic OH excluding ortho intramolecular Hbond substituents is 1. The first-order chi connectivity index (χ1) is 14.7. The SMILES string of the molecule is O=Cc1ccc(N=Nc2cc(CC3CCCCCCC4CC4CC3)ccc2O)cc1. The molecule has 2 aromatic carbocycles. The van der Waals surface area contributed by atoms with Crippen LogP contribution in [0, 0.1) is 17.8 Å². The van der Waals surface area contributed by atoms with Crippen molar-refractivity contribution in [1.82, 2.24) is 0 Å². The maximum absolute atomic E-state index is 10.8. The van der Waals surface area contributed by atoms with Gasteiger partial charge in [-0.25, -0.2) is 0 Å². The van der Waals surface area contributed by atoms with E-state index in [2.05, 4.69) is 10.2 Å². The molecule has 0 heterocycles. The second kappa shape index (κ2) is 10.0. The molecule has 0 aromatic heterocycles. The Morgan fingerprint density at radius 1 is 0.867 bits per heavy atom. The number of nitrogens with zero attached hydrogens (tertiary/aromatic N) is 2. The zero-order chi connectivity index (χ0) is 20.8. The van der Waals surface area contributed by atoms with E-state index in [-0.39, 0.29) is 5.75 Å². The van der Waals surface area contributed by atoms with Crippen molar-refractivity contribution in [3.8, 4) is 5.75 Å². The van der Waals surface area contributed by atoms with E-state index in [4.69, 9.17) is 0 Å². The molecule has 2 saturated carbocycles. The minimum atomic E-state index is 0.148. The van der Waals surface area contributed by atoms with Gasteiger partial charge in [-0.1, -0.05) is 44.6 Å². The van der Waals surface area contributed by atoms with E-state index >= 15 is 0 Å². The first-order valence-corrected chi connectivity index (χ1v) is 11.5. The van der Waals surface area contributed by atoms with Gasteiger partial charge in [0.1, 0.15) is 17.7 Å². The monoisotopic (exact) mass is 404 g/mol. The van der Waals surface area contributed by atoms with Crippen LogP contribution in [0.15, 0.2) is 52.7 Å². The lowest BCUT2D eigenvalue weighted by Gasteiger charge is -2.17. The van der Waals surface area contributed by atoms with Crippen LogP contribution >= 0.6 is 0 Å². The third-order valence-electron chi connectivity index (χ3n) is 6.82. The number of azo groups is 1. The summed E-state index contributed by atoms with van der Waals surface area (Å²) in [5, 5.41) is 18.7. The molecule has 0 spiro atoms. The summed E-state index contributed by atoms with van der Waals surface area (Å²) in [5.41, 5.74) is 3.00. The van der Waals surface area contributed by atoms with E-state index < -0.39 is 0 Å². The van der Waals surface area contributed by atoms with Crippen LogP contribution in [0.4, 0.5) is 11.4 Å². The van der Waals surface area contributed by atoms with Crippen LogP contribution in [0.1, 0.15) is 73.7 Å². The van der Waals surface area contributed by atoms with Gasteiger partial charge in [-0.2, -0.15) is 5.11 Å². The van der Waals surface area contributed by atoms with Gasteiger partial charge in [0, 0.05) is 5.56 Å². The highest BCUT2D eigenvalue weighted by molar-refractivity contribution is 5.75. The van der Waals surface area contributed by atoms with E-state index in [1.165, 1.54) is 63.4 Å². The number of fused-ring (bicyclic) bond motifs is 1. The molecular formula is C26H32N2O2. The molecule has 2 aliphatic carbocycles. The van der Waals surface area contributed by atoms with E-state index in [1.54, 1.807) is 30.3 Å². The maximum atomic E-state index is 10.8. The van der Waals surface area contributed by atoms with Crippen LogP contribution < -0.4 is 0 Å². The molecule has 3 atom stereocenters. The van der Waals surface area contributed by atoms with Gasteiger partial charge in [-0.15, -0.1) is 5.11 Å². The van der Waals surface area contributed by atoms with Gasteiger partial charge < -0.3 is 5.11 Å². The Morgan fingerprint density at radius 3 is 2.43 bits per heavy atom. The number of hydrogen-bond acceptors (Lipinski definition) is 4. The number of rotatable bonds is 5. The van der Waals surface area contributed by atoms with Crippen molar-refractivity contribution in [3.63, 3.8) is 0 Å². The van der Waals surface area contributed by atoms with Crippen LogP contribution in [-0.4, -0.2) is 11.4 Å². The van der Waals surface area contributed by atoms with Crippen molar-refractivity contribution in [1.29, 1.82) is 0 Å². The van der Waals surface area contributed by atoms with Crippen LogP contribution in [-0.2, 0) is 6.42 Å². The standard InChI is InChI=1S/C26H32N2O2/c29-18-20-8-12-24(13-9-20)27-28-25-16-21(10-14-26(25)30)15-19-5-3-1-2-4-6-22-17-23(22)11-7-19/h8-10,12-14,16,18-19,22-23,30H,1-7,11,15,17H2. The number of carbonyl (C=O) groups is 1. The molecule has 3 unspecified atom stereocenters. The first kappa shape index (κ1) is 20.8. The smallest absolute Gasteiger partial charge is 0.150 e. The Balaban J connectivity index is 1.41. The average Bonchev–Trinajstić information content (AvgIpc) is 3.52. The summed E-state index contributed by atoms with van der Waals surface area (Å²) in [5.74, 6) is 2.87. The zero-order valence-corrected chi connectivity index (χ0v) is 17.7. The third kappa shape index (κ3) is 5.78. The second-order valence-corrected chi connectivity index (χ2v) is 9.13. The van der Waals surface area contributed by atoms with E-state index in [0.717, 1.165) is 30.5 Å². The molecule has 0 aliphatic heterocycles. The van der Waals surface area contributed by atoms with Crippen molar-refractivity contribution in [2.75, 3.05) is 0 Å². The minimum Gasteiger partial charge on any atom is -0.506 e. The molecule has 30 heavy (non-hydrogen) atoms. The molecule has 0 saturated heterocycles. The summed E-state index contributed by atoms with van der Waals surface area (Å²) in [6.45, 7) is 0. The van der Waals surface area contributed by atoms with Gasteiger partial charge in [0.25, 0.3) is 0 Å². The molecule has 158 valence electrons. The van der Waals surface area contributed by atoms with Crippen molar-refractivity contribution in [2.45, 2.75) is 64.2 Å². The van der Waals surface area contributed by atoms with Crippen molar-refractivity contribution < 1.29 is 9.90 Å². The fourth-order valence-corrected chi connectivity index (χ4v) is 4.85. The highest BCUT2D eigenvalue weighted by Crippen LogP contribution is 2.47. The van der Waals surface area contributed by atoms with Gasteiger partial charge in [-0.05, 0) is 85.4 Å². The van der Waals surface area contributed by atoms with Gasteiger partial charge in [0.05, 0.1) is 5.69 Å². The molecule has 2 fully saturated rings. The molecule has 1 N–H and O–H groups in total. The van der Waals surface area contributed by atoms with Crippen LogP contribution in [0.2, 0.25) is 0 Å². The Morgan fingerprint density at radius 2 is 1.63 bits per heavy atom. The van der Waals surface area contributed by atoms with Gasteiger partial charge in [0.2, 0.25) is 0 Å². The molecule has 2 aromatic rings. The number of benzene rings is 2. The average molecular weight is 405 g/mol. The number of phenols is 1. The van der Waals surface area contributed by atoms with Crippen molar-refractivity contribution >= 4 is 17.7 Å². The summed E-state index contributed by atoms with van der Waals surface area (Å²) in [6.07, 6.45) is 14.3. The molecule has 0 amide bonds. The minimum absolute atomic E-state index is 0.148. The van der Waals surface area contributed by atoms with Crippen molar-refractivity contribution in [2.24, 2.45) is 28.0 Å². The van der Waals surface area contributed by atoms with Gasteiger partial charge in [0.15, 0.2) is 0 Å². The summed E-state index contributed by atoms with van der Waals surface area (Å²) < 4.78 is 0. The number of carbonyl (C=O) groups excluding carboxylic acids is 1. The van der Waals surface area contributed by atoms with E-state index in [1.807, 2.05) is 12.1 Å². The zero-order valence-electron chi connectivity index (χ0n) is 17.7. The fourth-order valence-electron chi connectivity index (χ4n) is 4.85. The van der Waals surface area contributed by atoms with Crippen molar-refractivity contribution in [3.05, 3.63) is 53.6 Å². The maximum Gasteiger partial charge on any atom is 0.150 e. The number of aldehydes is 1. The highest BCUT2D eigenvalue weighted by Gasteiger charge is 2.36.